The normalized spacial score (nSPS) is 15.7. The molecule has 0 amide bonds. The Bertz CT molecular complexity index is 822. The van der Waals surface area contributed by atoms with Crippen molar-refractivity contribution in [3.05, 3.63) is 33.9 Å². The van der Waals surface area contributed by atoms with E-state index in [0.717, 1.165) is 24.5 Å². The molecule has 1 aromatic rings. The summed E-state index contributed by atoms with van der Waals surface area (Å²) in [4.78, 5) is 46.0. The zero-order valence-electron chi connectivity index (χ0n) is 14.1. The van der Waals surface area contributed by atoms with E-state index in [1.807, 2.05) is 0 Å². The molecule has 0 radical (unpaired) electrons. The Hall–Kier alpha value is -1.42. The zero-order valence-corrected chi connectivity index (χ0v) is 16.0. The Labute approximate surface area is 161 Å². The first-order chi connectivity index (χ1) is 10.6. The number of rotatable bonds is 4. The van der Waals surface area contributed by atoms with Crippen LogP contribution in [-0.2, 0) is 19.4 Å². The predicted molar refractivity (Wildman–Crippen MR) is 79.0 cm³/mol. The fraction of sp³-hybridized carbons (Fsp3) is 0.357. The van der Waals surface area contributed by atoms with Gasteiger partial charge in [-0.3, -0.25) is 24.5 Å². The Kier molecular flexibility index (Phi) is 6.57. The second-order valence-corrected chi connectivity index (χ2v) is 7.31. The molecule has 0 N–H and O–H groups in total. The van der Waals surface area contributed by atoms with Crippen LogP contribution in [0.2, 0.25) is 0 Å². The largest absolute Gasteiger partial charge is 1.00 e. The van der Waals surface area contributed by atoms with E-state index < -0.39 is 49.3 Å². The number of hydrogen-bond acceptors (Lipinski definition) is 7. The molecule has 1 aliphatic rings. The summed E-state index contributed by atoms with van der Waals surface area (Å²) in [5, 5.41) is 11.1. The molecular weight excluding hydrogens is 349 g/mol. The number of benzene rings is 1. The van der Waals surface area contributed by atoms with Crippen LogP contribution in [0.1, 0.15) is 31.0 Å². The smallest absolute Gasteiger partial charge is 1.00 e. The van der Waals surface area contributed by atoms with Crippen molar-refractivity contribution in [2.45, 2.75) is 24.2 Å². The molecule has 0 atom stereocenters. The fourth-order valence-electron chi connectivity index (χ4n) is 2.45. The molecular formula is C14H14NNaO7S. The molecule has 1 aliphatic carbocycles. The van der Waals surface area contributed by atoms with E-state index in [1.165, 1.54) is 0 Å². The minimum Gasteiger partial charge on any atom is -1.00 e. The Morgan fingerprint density at radius 1 is 1.25 bits per heavy atom. The van der Waals surface area contributed by atoms with Gasteiger partial charge in [0.15, 0.2) is 27.2 Å². The third-order valence-electron chi connectivity index (χ3n) is 3.61. The first-order valence-electron chi connectivity index (χ1n) is 6.71. The van der Waals surface area contributed by atoms with Gasteiger partial charge in [0.1, 0.15) is 5.92 Å². The number of nitrogens with zero attached hydrogens (tertiary/aromatic N) is 1. The van der Waals surface area contributed by atoms with E-state index in [1.54, 1.807) is 0 Å². The van der Waals surface area contributed by atoms with Gasteiger partial charge in [0.25, 0.3) is 5.69 Å². The van der Waals surface area contributed by atoms with Gasteiger partial charge >= 0.3 is 29.6 Å². The van der Waals surface area contributed by atoms with Crippen LogP contribution < -0.4 is 29.6 Å². The van der Waals surface area contributed by atoms with Crippen LogP contribution in [-0.4, -0.2) is 36.9 Å². The quantitative estimate of drug-likeness (QED) is 0.204. The monoisotopic (exact) mass is 363 g/mol. The van der Waals surface area contributed by atoms with E-state index in [2.05, 4.69) is 0 Å². The summed E-state index contributed by atoms with van der Waals surface area (Å²) in [6.45, 7) is 0. The first kappa shape index (κ1) is 20.6. The molecule has 0 unspecified atom stereocenters. The number of ketones is 3. The van der Waals surface area contributed by atoms with Crippen LogP contribution >= 0.6 is 0 Å². The Morgan fingerprint density at radius 3 is 2.25 bits per heavy atom. The van der Waals surface area contributed by atoms with Crippen molar-refractivity contribution in [3.8, 4) is 0 Å². The van der Waals surface area contributed by atoms with Gasteiger partial charge in [-0.15, -0.1) is 0 Å². The van der Waals surface area contributed by atoms with Crippen molar-refractivity contribution < 1.29 is 58.7 Å². The number of sulfone groups is 1. The van der Waals surface area contributed by atoms with E-state index in [-0.39, 0.29) is 48.7 Å². The minimum absolute atomic E-state index is 0. The number of nitro groups is 1. The summed E-state index contributed by atoms with van der Waals surface area (Å²) >= 11 is 0. The molecule has 0 heterocycles. The third-order valence-corrected chi connectivity index (χ3v) is 4.72. The van der Waals surface area contributed by atoms with Gasteiger partial charge in [0.2, 0.25) is 0 Å². The van der Waals surface area contributed by atoms with Crippen molar-refractivity contribution in [2.24, 2.45) is 5.92 Å². The first-order valence-corrected chi connectivity index (χ1v) is 8.60. The van der Waals surface area contributed by atoms with Gasteiger partial charge in [-0.2, -0.15) is 0 Å². The number of Topliss-reactive ketones (excluding diaryl/α,β-unsaturated/α-hetero) is 3. The summed E-state index contributed by atoms with van der Waals surface area (Å²) in [5.74, 6) is -3.61. The molecule has 1 saturated carbocycles. The molecule has 1 fully saturated rings. The van der Waals surface area contributed by atoms with Gasteiger partial charge in [-0.25, -0.2) is 8.42 Å². The van der Waals surface area contributed by atoms with Gasteiger partial charge in [0.05, 0.1) is 15.4 Å². The summed E-state index contributed by atoms with van der Waals surface area (Å²) in [6, 6.07) is 2.79. The van der Waals surface area contributed by atoms with Crippen molar-refractivity contribution in [3.63, 3.8) is 0 Å². The standard InChI is InChI=1S/C14H13NO7S.Na.H/c1-23(21,22)8-5-6-9(10(7-8)15(19)20)14(18)13-11(16)3-2-4-12(13)17;;/h5-7,13H,2-4H2,1H3;;/q;+1;-1. The van der Waals surface area contributed by atoms with Crippen molar-refractivity contribution in [1.29, 1.82) is 0 Å². The molecule has 1 aromatic carbocycles. The topological polar surface area (TPSA) is 128 Å². The van der Waals surface area contributed by atoms with Crippen molar-refractivity contribution >= 4 is 32.9 Å². The van der Waals surface area contributed by atoms with Crippen LogP contribution in [0.3, 0.4) is 0 Å². The molecule has 0 aliphatic heterocycles. The molecule has 10 heteroatoms. The van der Waals surface area contributed by atoms with Crippen LogP contribution in [0.4, 0.5) is 5.69 Å². The summed E-state index contributed by atoms with van der Waals surface area (Å²) in [5.41, 5.74) is -1.17. The molecule has 0 bridgehead atoms. The number of hydrogen-bond donors (Lipinski definition) is 0. The second kappa shape index (κ2) is 7.64. The number of carbonyl (C=O) groups excluding carboxylic acids is 3. The summed E-state index contributed by atoms with van der Waals surface area (Å²) in [6.07, 6.45) is 1.37. The van der Waals surface area contributed by atoms with E-state index in [4.69, 9.17) is 0 Å². The van der Waals surface area contributed by atoms with Gasteiger partial charge < -0.3 is 1.43 Å². The average molecular weight is 363 g/mol. The van der Waals surface area contributed by atoms with Crippen LogP contribution in [0.25, 0.3) is 0 Å². The zero-order chi connectivity index (χ0) is 17.4. The maximum Gasteiger partial charge on any atom is 1.00 e. The fourth-order valence-corrected chi connectivity index (χ4v) is 3.10. The predicted octanol–water partition coefficient (Wildman–Crippen LogP) is -1.76. The van der Waals surface area contributed by atoms with E-state index in [9.17, 15) is 32.9 Å². The maximum absolute atomic E-state index is 12.4. The Balaban J connectivity index is 0.00000288. The molecule has 8 nitrogen and oxygen atoms in total. The minimum atomic E-state index is -3.70. The Morgan fingerprint density at radius 2 is 1.79 bits per heavy atom. The third kappa shape index (κ3) is 4.15. The molecule has 0 saturated heterocycles. The molecule has 124 valence electrons. The van der Waals surface area contributed by atoms with E-state index in [0.29, 0.717) is 6.42 Å². The van der Waals surface area contributed by atoms with Gasteiger partial charge in [-0.05, 0) is 18.6 Å². The summed E-state index contributed by atoms with van der Waals surface area (Å²) in [7, 11) is -3.70. The number of nitro benzene ring substituents is 1. The molecule has 0 spiro atoms. The second-order valence-electron chi connectivity index (χ2n) is 5.29. The molecule has 24 heavy (non-hydrogen) atoms. The van der Waals surface area contributed by atoms with Crippen LogP contribution in [0, 0.1) is 16.0 Å². The molecule has 0 aromatic heterocycles. The van der Waals surface area contributed by atoms with Crippen LogP contribution in [0.5, 0.6) is 0 Å². The van der Waals surface area contributed by atoms with Crippen LogP contribution in [0.15, 0.2) is 23.1 Å². The van der Waals surface area contributed by atoms with E-state index >= 15 is 0 Å². The number of carbonyl (C=O) groups is 3. The average Bonchev–Trinajstić information content (AvgIpc) is 2.45. The SMILES string of the molecule is CS(=O)(=O)c1ccc(C(=O)C2C(=O)CCCC2=O)c([N+](=O)[O-])c1.[H-].[Na+]. The van der Waals surface area contributed by atoms with Gasteiger partial charge in [-0.1, -0.05) is 0 Å². The maximum atomic E-state index is 12.4. The van der Waals surface area contributed by atoms with Crippen molar-refractivity contribution in [2.75, 3.05) is 6.26 Å². The summed E-state index contributed by atoms with van der Waals surface area (Å²) < 4.78 is 23.0. The molecule has 2 rings (SSSR count). The van der Waals surface area contributed by atoms with Crippen molar-refractivity contribution in [1.82, 2.24) is 0 Å². The van der Waals surface area contributed by atoms with Gasteiger partial charge in [0, 0.05) is 25.2 Å².